The van der Waals surface area contributed by atoms with E-state index in [-0.39, 0.29) is 7.43 Å². The van der Waals surface area contributed by atoms with E-state index in [4.69, 9.17) is 11.6 Å². The molecule has 6 heteroatoms. The summed E-state index contributed by atoms with van der Waals surface area (Å²) in [5, 5.41) is 11.8. The van der Waals surface area contributed by atoms with E-state index in [2.05, 4.69) is 39.5 Å². The molecule has 2 aromatic carbocycles. The van der Waals surface area contributed by atoms with E-state index in [9.17, 15) is 9.90 Å². The summed E-state index contributed by atoms with van der Waals surface area (Å²) in [4.78, 5) is 17.1. The zero-order chi connectivity index (χ0) is 26.9. The molecule has 2 fully saturated rings. The molecule has 1 aliphatic carbocycles. The van der Waals surface area contributed by atoms with Crippen LogP contribution in [-0.4, -0.2) is 53.3 Å². The molecular formula is C34H46ClN3O2. The quantitative estimate of drug-likeness (QED) is 0.312. The number of aromatic carboxylic acids is 1. The Morgan fingerprint density at radius 2 is 1.80 bits per heavy atom. The molecule has 0 radical (unpaired) electrons. The molecule has 6 rings (SSSR count). The minimum atomic E-state index is -0.864. The summed E-state index contributed by atoms with van der Waals surface area (Å²) in [6.45, 7) is 8.68. The molecule has 3 heterocycles. The largest absolute Gasteiger partial charge is 0.478 e. The predicted octanol–water partition coefficient (Wildman–Crippen LogP) is 8.68. The van der Waals surface area contributed by atoms with Crippen molar-refractivity contribution in [2.45, 2.75) is 84.6 Å². The Hall–Kier alpha value is -2.50. The summed E-state index contributed by atoms with van der Waals surface area (Å²) in [5.41, 5.74) is 6.61. The highest BCUT2D eigenvalue weighted by molar-refractivity contribution is 6.31. The van der Waals surface area contributed by atoms with Crippen molar-refractivity contribution in [1.29, 1.82) is 0 Å². The molecule has 1 atom stereocenters. The van der Waals surface area contributed by atoms with Crippen molar-refractivity contribution in [1.82, 2.24) is 9.47 Å². The van der Waals surface area contributed by atoms with E-state index in [0.717, 1.165) is 49.1 Å². The molecule has 1 saturated carbocycles. The summed E-state index contributed by atoms with van der Waals surface area (Å²) >= 11 is 6.63. The maximum Gasteiger partial charge on any atom is 0.335 e. The number of aromatic nitrogens is 1. The highest BCUT2D eigenvalue weighted by atomic mass is 35.5. The lowest BCUT2D eigenvalue weighted by molar-refractivity contribution is 0.0697. The topological polar surface area (TPSA) is 48.7 Å². The van der Waals surface area contributed by atoms with Gasteiger partial charge in [-0.1, -0.05) is 57.7 Å². The van der Waals surface area contributed by atoms with Crippen molar-refractivity contribution in [2.24, 2.45) is 5.92 Å². The zero-order valence-corrected chi connectivity index (χ0v) is 24.1. The molecule has 3 aliphatic rings. The number of carbonyl (C=O) groups is 1. The fourth-order valence-electron chi connectivity index (χ4n) is 7.55. The van der Waals surface area contributed by atoms with Gasteiger partial charge in [-0.05, 0) is 92.9 Å². The molecular weight excluding hydrogens is 518 g/mol. The first-order valence-electron chi connectivity index (χ1n) is 15.2. The van der Waals surface area contributed by atoms with Crippen LogP contribution < -0.4 is 4.90 Å². The summed E-state index contributed by atoms with van der Waals surface area (Å²) in [6.07, 6.45) is 11.4. The molecule has 1 N–H and O–H groups in total. The Labute approximate surface area is 245 Å². The second-order valence-electron chi connectivity index (χ2n) is 12.0. The van der Waals surface area contributed by atoms with Crippen LogP contribution in [0.4, 0.5) is 5.69 Å². The highest BCUT2D eigenvalue weighted by Crippen LogP contribution is 2.48. The van der Waals surface area contributed by atoms with Crippen LogP contribution in [0, 0.1) is 5.92 Å². The monoisotopic (exact) mass is 563 g/mol. The third kappa shape index (κ3) is 5.65. The van der Waals surface area contributed by atoms with Crippen molar-refractivity contribution in [3.8, 4) is 11.3 Å². The third-order valence-electron chi connectivity index (χ3n) is 9.60. The van der Waals surface area contributed by atoms with Crippen LogP contribution in [0.1, 0.15) is 94.0 Å². The smallest absolute Gasteiger partial charge is 0.335 e. The maximum absolute atomic E-state index is 11.9. The number of carboxylic acids is 1. The molecule has 1 aromatic heterocycles. The minimum Gasteiger partial charge on any atom is -0.478 e. The molecule has 0 spiro atoms. The van der Waals surface area contributed by atoms with Gasteiger partial charge in [0.25, 0.3) is 0 Å². The van der Waals surface area contributed by atoms with Gasteiger partial charge < -0.3 is 19.5 Å². The lowest BCUT2D eigenvalue weighted by Gasteiger charge is -2.33. The summed E-state index contributed by atoms with van der Waals surface area (Å²) < 4.78 is 2.43. The van der Waals surface area contributed by atoms with Gasteiger partial charge in [0.1, 0.15) is 0 Å². The second-order valence-corrected chi connectivity index (χ2v) is 12.4. The molecule has 5 nitrogen and oxygen atoms in total. The first-order valence-corrected chi connectivity index (χ1v) is 15.6. The summed E-state index contributed by atoms with van der Waals surface area (Å²) in [7, 11) is 0. The number of likely N-dealkylation sites (tertiary alicyclic amines) is 1. The number of hydrogen-bond acceptors (Lipinski definition) is 3. The fraction of sp³-hybridized carbons (Fsp3) is 0.559. The van der Waals surface area contributed by atoms with Crippen molar-refractivity contribution in [3.63, 3.8) is 0 Å². The van der Waals surface area contributed by atoms with Gasteiger partial charge in [0.2, 0.25) is 0 Å². The standard InChI is InChI=1S/C33H42ClN3O2.CH4/c1-2-23-8-6-15-35(22-23)16-7-17-36-18-19-37-30-20-25(33(38)39)11-13-27(30)31(24-9-4-3-5-10-24)32(37)28-14-12-26(34)21-29(28)36;/h11-14,20-21,23-24H,2-10,15-19,22H2,1H3,(H,38,39);1H4. The first kappa shape index (κ1) is 29.0. The predicted molar refractivity (Wildman–Crippen MR) is 168 cm³/mol. The maximum atomic E-state index is 11.9. The zero-order valence-electron chi connectivity index (χ0n) is 23.3. The van der Waals surface area contributed by atoms with Crippen LogP contribution >= 0.6 is 11.6 Å². The number of fused-ring (bicyclic) bond motifs is 5. The molecule has 40 heavy (non-hydrogen) atoms. The van der Waals surface area contributed by atoms with Gasteiger partial charge in [-0.15, -0.1) is 0 Å². The number of rotatable bonds is 7. The van der Waals surface area contributed by atoms with E-state index in [1.54, 1.807) is 6.07 Å². The summed E-state index contributed by atoms with van der Waals surface area (Å²) in [6, 6.07) is 12.2. The Morgan fingerprint density at radius 1 is 0.975 bits per heavy atom. The number of anilines is 1. The van der Waals surface area contributed by atoms with E-state index < -0.39 is 5.97 Å². The SMILES string of the molecule is C.CCC1CCCN(CCCN2CCn3c(c(C4CCCCC4)c4ccc(C(=O)O)cc43)-c3ccc(Cl)cc32)C1. The Kier molecular flexibility index (Phi) is 9.11. The van der Waals surface area contributed by atoms with Gasteiger partial charge in [-0.25, -0.2) is 4.79 Å². The van der Waals surface area contributed by atoms with Crippen LogP contribution in [0.3, 0.4) is 0 Å². The number of piperidine rings is 1. The van der Waals surface area contributed by atoms with Gasteiger partial charge in [0, 0.05) is 53.4 Å². The average Bonchev–Trinajstić information content (AvgIpc) is 3.20. The van der Waals surface area contributed by atoms with Crippen LogP contribution in [0.5, 0.6) is 0 Å². The number of benzene rings is 2. The Bertz CT molecular complexity index is 1340. The minimum absolute atomic E-state index is 0. The second kappa shape index (κ2) is 12.6. The molecule has 1 saturated heterocycles. The number of carboxylic acid groups (broad SMARTS) is 1. The third-order valence-corrected chi connectivity index (χ3v) is 9.83. The van der Waals surface area contributed by atoms with Crippen molar-refractivity contribution >= 4 is 34.2 Å². The average molecular weight is 564 g/mol. The fourth-order valence-corrected chi connectivity index (χ4v) is 7.72. The van der Waals surface area contributed by atoms with Crippen LogP contribution in [-0.2, 0) is 6.54 Å². The van der Waals surface area contributed by atoms with Crippen LogP contribution in [0.15, 0.2) is 36.4 Å². The van der Waals surface area contributed by atoms with Gasteiger partial charge in [0.05, 0.1) is 11.3 Å². The molecule has 216 valence electrons. The van der Waals surface area contributed by atoms with Gasteiger partial charge in [-0.3, -0.25) is 0 Å². The van der Waals surface area contributed by atoms with Crippen LogP contribution in [0.2, 0.25) is 5.02 Å². The van der Waals surface area contributed by atoms with E-state index in [0.29, 0.717) is 11.5 Å². The van der Waals surface area contributed by atoms with Gasteiger partial charge >= 0.3 is 5.97 Å². The molecule has 1 unspecified atom stereocenters. The molecule has 2 aliphatic heterocycles. The van der Waals surface area contributed by atoms with Crippen molar-refractivity contribution in [3.05, 3.63) is 52.5 Å². The highest BCUT2D eigenvalue weighted by Gasteiger charge is 2.31. The molecule has 3 aromatic rings. The Morgan fingerprint density at radius 3 is 2.58 bits per heavy atom. The van der Waals surface area contributed by atoms with E-state index in [1.807, 2.05) is 12.1 Å². The van der Waals surface area contributed by atoms with Crippen molar-refractivity contribution < 1.29 is 9.90 Å². The number of hydrogen-bond donors (Lipinski definition) is 1. The van der Waals surface area contributed by atoms with Crippen LogP contribution in [0.25, 0.3) is 22.2 Å². The lowest BCUT2D eigenvalue weighted by atomic mass is 9.81. The lowest BCUT2D eigenvalue weighted by Crippen LogP contribution is -2.37. The number of halogens is 1. The van der Waals surface area contributed by atoms with Crippen molar-refractivity contribution in [2.75, 3.05) is 37.6 Å². The van der Waals surface area contributed by atoms with Gasteiger partial charge in [0.15, 0.2) is 0 Å². The molecule has 0 bridgehead atoms. The molecule has 0 amide bonds. The normalized spacial score (nSPS) is 20.1. The number of nitrogens with zero attached hydrogens (tertiary/aromatic N) is 3. The van der Waals surface area contributed by atoms with E-state index >= 15 is 0 Å². The Balaban J connectivity index is 0.00000323. The summed E-state index contributed by atoms with van der Waals surface area (Å²) in [5.74, 6) is 0.496. The first-order chi connectivity index (χ1) is 19.0. The van der Waals surface area contributed by atoms with E-state index in [1.165, 1.54) is 92.4 Å². The van der Waals surface area contributed by atoms with Gasteiger partial charge in [-0.2, -0.15) is 0 Å².